The molecule has 0 aromatic carbocycles. The van der Waals surface area contributed by atoms with Crippen LogP contribution < -0.4 is 17.0 Å². The van der Waals surface area contributed by atoms with E-state index in [0.717, 1.165) is 4.57 Å². The third-order valence-corrected chi connectivity index (χ3v) is 3.47. The molecule has 0 bridgehead atoms. The molecule has 2 rings (SSSR count). The van der Waals surface area contributed by atoms with Gasteiger partial charge in [-0.3, -0.25) is 23.9 Å². The van der Waals surface area contributed by atoms with E-state index in [1.54, 1.807) is 0 Å². The first kappa shape index (κ1) is 15.4. The van der Waals surface area contributed by atoms with Gasteiger partial charge in [-0.05, 0) is 15.9 Å². The Hall–Kier alpha value is -1.94. The molecule has 1 aliphatic rings. The number of aromatic amines is 1. The summed E-state index contributed by atoms with van der Waals surface area (Å²) in [6.07, 6.45) is -1.63. The Bertz CT molecular complexity index is 696. The smallest absolute Gasteiger partial charge is 0.330 e. The average molecular weight is 362 g/mol. The Morgan fingerprint density at radius 1 is 1.52 bits per heavy atom. The van der Waals surface area contributed by atoms with Crippen LogP contribution in [0.5, 0.6) is 0 Å². The number of hydrogen-bond donors (Lipinski definition) is 2. The Balaban J connectivity index is 2.32. The zero-order chi connectivity index (χ0) is 15.7. The number of carbonyl (C=O) groups excluding carboxylic acids is 2. The van der Waals surface area contributed by atoms with Gasteiger partial charge in [0.2, 0.25) is 0 Å². The molecule has 10 heteroatoms. The minimum absolute atomic E-state index is 0.0611. The summed E-state index contributed by atoms with van der Waals surface area (Å²) in [7, 11) is 0. The standard InChI is InChI=1S/C11H12BrN3O6/c1-4(16)20-6-2-7(21-8(6)9(13)17)15-3-5(12)10(18)14-11(15)19/h3,6-8H,2H2,1H3,(H2,13,17)(H,14,18,19)/t6-,7+,8-/m0/s1. The number of hydrogen-bond acceptors (Lipinski definition) is 6. The predicted molar refractivity (Wildman–Crippen MR) is 72.3 cm³/mol. The fraction of sp³-hybridized carbons (Fsp3) is 0.455. The molecule has 0 aliphatic carbocycles. The highest BCUT2D eigenvalue weighted by atomic mass is 79.9. The molecule has 114 valence electrons. The van der Waals surface area contributed by atoms with E-state index >= 15 is 0 Å². The number of rotatable bonds is 3. The summed E-state index contributed by atoms with van der Waals surface area (Å²) in [5, 5.41) is 0. The SMILES string of the molecule is CC(=O)O[C@H]1C[C@H](n2cc(Br)c(=O)[nH]c2=O)O[C@@H]1C(N)=O. The lowest BCUT2D eigenvalue weighted by Crippen LogP contribution is -2.38. The van der Waals surface area contributed by atoms with Crippen molar-refractivity contribution in [3.05, 3.63) is 31.5 Å². The van der Waals surface area contributed by atoms with Gasteiger partial charge in [-0.2, -0.15) is 0 Å². The molecule has 1 amide bonds. The molecule has 3 atom stereocenters. The summed E-state index contributed by atoms with van der Waals surface area (Å²) in [6.45, 7) is 1.19. The highest BCUT2D eigenvalue weighted by molar-refractivity contribution is 9.10. The number of aromatic nitrogens is 2. The van der Waals surface area contributed by atoms with Crippen LogP contribution in [0.25, 0.3) is 0 Å². The van der Waals surface area contributed by atoms with Crippen molar-refractivity contribution in [3.8, 4) is 0 Å². The maximum Gasteiger partial charge on any atom is 0.330 e. The number of primary amides is 1. The van der Waals surface area contributed by atoms with Crippen molar-refractivity contribution in [2.24, 2.45) is 5.73 Å². The Morgan fingerprint density at radius 2 is 2.19 bits per heavy atom. The molecule has 0 spiro atoms. The van der Waals surface area contributed by atoms with E-state index in [-0.39, 0.29) is 10.9 Å². The Morgan fingerprint density at radius 3 is 2.76 bits per heavy atom. The lowest BCUT2D eigenvalue weighted by Gasteiger charge is -2.14. The number of esters is 1. The molecule has 1 aliphatic heterocycles. The van der Waals surface area contributed by atoms with E-state index in [0.29, 0.717) is 0 Å². The van der Waals surface area contributed by atoms with Crippen LogP contribution in [-0.4, -0.2) is 33.6 Å². The monoisotopic (exact) mass is 361 g/mol. The highest BCUT2D eigenvalue weighted by Crippen LogP contribution is 2.30. The van der Waals surface area contributed by atoms with Crippen LogP contribution >= 0.6 is 15.9 Å². The van der Waals surface area contributed by atoms with Crippen molar-refractivity contribution < 1.29 is 19.1 Å². The third-order valence-electron chi connectivity index (χ3n) is 2.91. The molecule has 0 saturated carbocycles. The number of amides is 1. The van der Waals surface area contributed by atoms with Gasteiger partial charge in [0, 0.05) is 19.5 Å². The largest absolute Gasteiger partial charge is 0.459 e. The molecule has 3 N–H and O–H groups in total. The van der Waals surface area contributed by atoms with E-state index in [9.17, 15) is 19.2 Å². The van der Waals surface area contributed by atoms with Crippen molar-refractivity contribution in [2.45, 2.75) is 31.8 Å². The molecule has 1 saturated heterocycles. The van der Waals surface area contributed by atoms with Crippen LogP contribution in [0.2, 0.25) is 0 Å². The quantitative estimate of drug-likeness (QED) is 0.663. The van der Waals surface area contributed by atoms with Crippen LogP contribution in [0.4, 0.5) is 0 Å². The summed E-state index contributed by atoms with van der Waals surface area (Å²) in [5.74, 6) is -1.40. The fourth-order valence-electron chi connectivity index (χ4n) is 2.06. The molecule has 21 heavy (non-hydrogen) atoms. The Labute approximate surface area is 126 Å². The average Bonchev–Trinajstić information content (AvgIpc) is 2.76. The second kappa shape index (κ2) is 5.82. The van der Waals surface area contributed by atoms with Gasteiger partial charge in [-0.1, -0.05) is 0 Å². The van der Waals surface area contributed by atoms with E-state index in [1.165, 1.54) is 13.1 Å². The van der Waals surface area contributed by atoms with Gasteiger partial charge < -0.3 is 15.2 Å². The lowest BCUT2D eigenvalue weighted by atomic mass is 10.1. The predicted octanol–water partition coefficient (Wildman–Crippen LogP) is -0.996. The fourth-order valence-corrected chi connectivity index (χ4v) is 2.38. The highest BCUT2D eigenvalue weighted by Gasteiger charge is 2.42. The van der Waals surface area contributed by atoms with Gasteiger partial charge in [-0.25, -0.2) is 4.79 Å². The van der Waals surface area contributed by atoms with Gasteiger partial charge in [0.15, 0.2) is 6.10 Å². The normalized spacial score (nSPS) is 24.8. The van der Waals surface area contributed by atoms with Gasteiger partial charge >= 0.3 is 11.7 Å². The molecule has 0 unspecified atom stereocenters. The lowest BCUT2D eigenvalue weighted by molar-refractivity contribution is -0.152. The molecule has 1 aromatic heterocycles. The van der Waals surface area contributed by atoms with Crippen LogP contribution in [0.1, 0.15) is 19.6 Å². The second-order valence-electron chi connectivity index (χ2n) is 4.44. The van der Waals surface area contributed by atoms with Gasteiger partial charge in [0.1, 0.15) is 12.3 Å². The number of halogens is 1. The first-order chi connectivity index (χ1) is 9.79. The van der Waals surface area contributed by atoms with Crippen LogP contribution in [0.15, 0.2) is 20.3 Å². The first-order valence-corrected chi connectivity index (χ1v) is 6.72. The molecule has 1 aromatic rings. The molecule has 0 radical (unpaired) electrons. The summed E-state index contributed by atoms with van der Waals surface area (Å²) in [4.78, 5) is 47.5. The minimum Gasteiger partial charge on any atom is -0.459 e. The van der Waals surface area contributed by atoms with Crippen molar-refractivity contribution in [3.63, 3.8) is 0 Å². The van der Waals surface area contributed by atoms with E-state index in [4.69, 9.17) is 15.2 Å². The molecule has 2 heterocycles. The van der Waals surface area contributed by atoms with Crippen molar-refractivity contribution in [1.82, 2.24) is 9.55 Å². The second-order valence-corrected chi connectivity index (χ2v) is 5.30. The van der Waals surface area contributed by atoms with E-state index in [1.807, 2.05) is 0 Å². The summed E-state index contributed by atoms with van der Waals surface area (Å²) in [5.41, 5.74) is 3.89. The zero-order valence-electron chi connectivity index (χ0n) is 10.9. The van der Waals surface area contributed by atoms with Crippen molar-refractivity contribution in [1.29, 1.82) is 0 Å². The number of nitrogens with one attached hydrogen (secondary N) is 1. The number of H-pyrrole nitrogens is 1. The summed E-state index contributed by atoms with van der Waals surface area (Å²) >= 11 is 2.99. The van der Waals surface area contributed by atoms with E-state index < -0.39 is 41.6 Å². The van der Waals surface area contributed by atoms with Crippen molar-refractivity contribution in [2.75, 3.05) is 0 Å². The maximum absolute atomic E-state index is 11.8. The first-order valence-electron chi connectivity index (χ1n) is 5.92. The number of nitrogens with two attached hydrogens (primary N) is 1. The molecular formula is C11H12BrN3O6. The van der Waals surface area contributed by atoms with Crippen molar-refractivity contribution >= 4 is 27.8 Å². The summed E-state index contributed by atoms with van der Waals surface area (Å²) in [6, 6.07) is 0. The third kappa shape index (κ3) is 3.22. The maximum atomic E-state index is 11.8. The van der Waals surface area contributed by atoms with Crippen LogP contribution in [0, 0.1) is 0 Å². The Kier molecular flexibility index (Phi) is 4.28. The molecular weight excluding hydrogens is 350 g/mol. The topological polar surface area (TPSA) is 133 Å². The van der Waals surface area contributed by atoms with Crippen LogP contribution in [0.3, 0.4) is 0 Å². The van der Waals surface area contributed by atoms with Crippen LogP contribution in [-0.2, 0) is 19.1 Å². The number of nitrogens with zero attached hydrogens (tertiary/aromatic N) is 1. The van der Waals surface area contributed by atoms with E-state index in [2.05, 4.69) is 20.9 Å². The number of carbonyl (C=O) groups is 2. The van der Waals surface area contributed by atoms with Gasteiger partial charge in [0.25, 0.3) is 11.5 Å². The van der Waals surface area contributed by atoms with Gasteiger partial charge in [-0.15, -0.1) is 0 Å². The van der Waals surface area contributed by atoms with Gasteiger partial charge in [0.05, 0.1) is 4.47 Å². The number of ether oxygens (including phenoxy) is 2. The molecule has 9 nitrogen and oxygen atoms in total. The zero-order valence-corrected chi connectivity index (χ0v) is 12.5. The molecule has 1 fully saturated rings. The minimum atomic E-state index is -1.16. The summed E-state index contributed by atoms with van der Waals surface area (Å²) < 4.78 is 11.5.